The minimum atomic E-state index is -0.207. The topological polar surface area (TPSA) is 67.4 Å². The van der Waals surface area contributed by atoms with Gasteiger partial charge in [0.25, 0.3) is 11.8 Å². The van der Waals surface area contributed by atoms with E-state index < -0.39 is 0 Å². The number of aryl methyl sites for hydroxylation is 1. The summed E-state index contributed by atoms with van der Waals surface area (Å²) in [5, 5.41) is 5.71. The van der Waals surface area contributed by atoms with Gasteiger partial charge in [-0.3, -0.25) is 9.59 Å². The second kappa shape index (κ2) is 9.74. The molecule has 0 aliphatic carbocycles. The smallest absolute Gasteiger partial charge is 0.255 e. The van der Waals surface area contributed by atoms with Gasteiger partial charge < -0.3 is 15.4 Å². The minimum absolute atomic E-state index is 0.171. The van der Waals surface area contributed by atoms with E-state index in [1.54, 1.807) is 54.6 Å². The second-order valence-corrected chi connectivity index (χ2v) is 7.58. The summed E-state index contributed by atoms with van der Waals surface area (Å²) in [5.41, 5.74) is 3.48. The van der Waals surface area contributed by atoms with Crippen molar-refractivity contribution < 1.29 is 14.3 Å². The average Bonchev–Trinajstić information content (AvgIpc) is 2.74. The van der Waals surface area contributed by atoms with Crippen molar-refractivity contribution in [2.24, 2.45) is 5.92 Å². The molecule has 3 aromatic rings. The molecule has 0 atom stereocenters. The largest absolute Gasteiger partial charge is 0.493 e. The molecular weight excluding hydrogens is 376 g/mol. The van der Waals surface area contributed by atoms with Crippen LogP contribution in [0.25, 0.3) is 0 Å². The van der Waals surface area contributed by atoms with Crippen LogP contribution >= 0.6 is 0 Å². The first-order chi connectivity index (χ1) is 14.4. The third-order valence-electron chi connectivity index (χ3n) is 4.38. The average molecular weight is 402 g/mol. The highest BCUT2D eigenvalue weighted by atomic mass is 16.5. The summed E-state index contributed by atoms with van der Waals surface area (Å²) in [4.78, 5) is 24.8. The molecule has 0 aliphatic heterocycles. The predicted molar refractivity (Wildman–Crippen MR) is 120 cm³/mol. The van der Waals surface area contributed by atoms with Gasteiger partial charge in [0.15, 0.2) is 0 Å². The molecule has 0 saturated heterocycles. The van der Waals surface area contributed by atoms with Crippen molar-refractivity contribution in [2.45, 2.75) is 20.8 Å². The molecule has 3 rings (SSSR count). The van der Waals surface area contributed by atoms with Crippen LogP contribution in [0.1, 0.15) is 40.1 Å². The zero-order chi connectivity index (χ0) is 21.5. The molecule has 5 nitrogen and oxygen atoms in total. The number of benzene rings is 3. The Morgan fingerprint density at radius 2 is 1.37 bits per heavy atom. The highest BCUT2D eigenvalue weighted by Crippen LogP contribution is 2.18. The van der Waals surface area contributed by atoms with E-state index in [1.807, 2.05) is 25.1 Å². The van der Waals surface area contributed by atoms with E-state index in [0.29, 0.717) is 35.0 Å². The van der Waals surface area contributed by atoms with Gasteiger partial charge in [0, 0.05) is 22.5 Å². The highest BCUT2D eigenvalue weighted by Gasteiger charge is 2.09. The van der Waals surface area contributed by atoms with Gasteiger partial charge in [-0.15, -0.1) is 0 Å². The van der Waals surface area contributed by atoms with Crippen LogP contribution < -0.4 is 15.4 Å². The zero-order valence-electron chi connectivity index (χ0n) is 17.4. The summed E-state index contributed by atoms with van der Waals surface area (Å²) < 4.78 is 5.64. The number of amides is 2. The molecule has 0 saturated carbocycles. The van der Waals surface area contributed by atoms with Gasteiger partial charge >= 0.3 is 0 Å². The molecule has 0 heterocycles. The van der Waals surface area contributed by atoms with Crippen molar-refractivity contribution in [2.75, 3.05) is 17.2 Å². The molecule has 0 bridgehead atoms. The van der Waals surface area contributed by atoms with Gasteiger partial charge in [0.2, 0.25) is 0 Å². The maximum Gasteiger partial charge on any atom is 0.255 e. The lowest BCUT2D eigenvalue weighted by Crippen LogP contribution is -2.13. The van der Waals surface area contributed by atoms with E-state index >= 15 is 0 Å². The molecule has 2 N–H and O–H groups in total. The van der Waals surface area contributed by atoms with E-state index in [0.717, 1.165) is 11.3 Å². The fraction of sp³-hybridized carbons (Fsp3) is 0.200. The first-order valence-electron chi connectivity index (χ1n) is 9.93. The van der Waals surface area contributed by atoms with Crippen molar-refractivity contribution in [3.8, 4) is 5.75 Å². The number of anilines is 2. The van der Waals surface area contributed by atoms with Crippen LogP contribution in [0.3, 0.4) is 0 Å². The summed E-state index contributed by atoms with van der Waals surface area (Å²) in [6.45, 7) is 6.75. The molecule has 2 amide bonds. The van der Waals surface area contributed by atoms with Crippen molar-refractivity contribution in [1.82, 2.24) is 0 Å². The van der Waals surface area contributed by atoms with Crippen molar-refractivity contribution in [3.63, 3.8) is 0 Å². The van der Waals surface area contributed by atoms with E-state index in [4.69, 9.17) is 4.74 Å². The fourth-order valence-corrected chi connectivity index (χ4v) is 2.80. The molecule has 0 aliphatic rings. The lowest BCUT2D eigenvalue weighted by Gasteiger charge is -2.10. The van der Waals surface area contributed by atoms with Crippen LogP contribution in [0.4, 0.5) is 11.4 Å². The number of rotatable bonds is 7. The van der Waals surface area contributed by atoms with Crippen LogP contribution in [-0.4, -0.2) is 18.4 Å². The minimum Gasteiger partial charge on any atom is -0.493 e. The van der Waals surface area contributed by atoms with E-state index in [9.17, 15) is 9.59 Å². The number of carbonyl (C=O) groups excluding carboxylic acids is 2. The molecule has 3 aromatic carbocycles. The van der Waals surface area contributed by atoms with Gasteiger partial charge in [-0.2, -0.15) is 0 Å². The van der Waals surface area contributed by atoms with Crippen LogP contribution in [0.2, 0.25) is 0 Å². The van der Waals surface area contributed by atoms with Crippen LogP contribution in [0.5, 0.6) is 5.75 Å². The number of ether oxygens (including phenoxy) is 1. The van der Waals surface area contributed by atoms with Gasteiger partial charge in [0.1, 0.15) is 5.75 Å². The number of carbonyl (C=O) groups is 2. The molecular formula is C25H26N2O3. The zero-order valence-corrected chi connectivity index (χ0v) is 17.4. The lowest BCUT2D eigenvalue weighted by molar-refractivity contribution is 0.101. The number of hydrogen-bond acceptors (Lipinski definition) is 3. The quantitative estimate of drug-likeness (QED) is 0.546. The summed E-state index contributed by atoms with van der Waals surface area (Å²) in [7, 11) is 0. The first-order valence-corrected chi connectivity index (χ1v) is 9.93. The van der Waals surface area contributed by atoms with Gasteiger partial charge in [-0.05, 0) is 73.5 Å². The van der Waals surface area contributed by atoms with E-state index in [-0.39, 0.29) is 11.8 Å². The summed E-state index contributed by atoms with van der Waals surface area (Å²) in [5.74, 6) is 0.809. The molecule has 0 aromatic heterocycles. The normalized spacial score (nSPS) is 10.5. The molecule has 5 heteroatoms. The number of hydrogen-bond donors (Lipinski definition) is 2. The molecule has 0 radical (unpaired) electrons. The van der Waals surface area contributed by atoms with Crippen molar-refractivity contribution in [3.05, 3.63) is 89.5 Å². The van der Waals surface area contributed by atoms with E-state index in [1.165, 1.54) is 0 Å². The molecule has 30 heavy (non-hydrogen) atoms. The van der Waals surface area contributed by atoms with Gasteiger partial charge in [-0.25, -0.2) is 0 Å². The van der Waals surface area contributed by atoms with Crippen molar-refractivity contribution >= 4 is 23.2 Å². The SMILES string of the molecule is Cc1cccc(C(=O)Nc2ccc(NC(=O)c3ccc(OCC(C)C)cc3)cc2)c1. The van der Waals surface area contributed by atoms with Crippen molar-refractivity contribution in [1.29, 1.82) is 0 Å². The maximum atomic E-state index is 12.4. The van der Waals surface area contributed by atoms with Gasteiger partial charge in [0.05, 0.1) is 6.61 Å². The third kappa shape index (κ3) is 5.95. The monoisotopic (exact) mass is 402 g/mol. The summed E-state index contributed by atoms with van der Waals surface area (Å²) >= 11 is 0. The standard InChI is InChI=1S/C25H26N2O3/c1-17(2)16-30-23-13-7-19(8-14-23)24(28)26-21-9-11-22(12-10-21)27-25(29)20-6-4-5-18(3)15-20/h4-15,17H,16H2,1-3H3,(H,26,28)(H,27,29). The molecule has 0 unspecified atom stereocenters. The Morgan fingerprint density at radius 3 is 1.90 bits per heavy atom. The Labute approximate surface area is 177 Å². The Kier molecular flexibility index (Phi) is 6.86. The summed E-state index contributed by atoms with van der Waals surface area (Å²) in [6.07, 6.45) is 0. The second-order valence-electron chi connectivity index (χ2n) is 7.58. The van der Waals surface area contributed by atoms with Crippen LogP contribution in [0, 0.1) is 12.8 Å². The van der Waals surface area contributed by atoms with E-state index in [2.05, 4.69) is 24.5 Å². The molecule has 0 fully saturated rings. The first kappa shape index (κ1) is 21.1. The number of nitrogens with one attached hydrogen (secondary N) is 2. The van der Waals surface area contributed by atoms with Crippen LogP contribution in [-0.2, 0) is 0 Å². The Balaban J connectivity index is 1.57. The van der Waals surface area contributed by atoms with Crippen LogP contribution in [0.15, 0.2) is 72.8 Å². The maximum absolute atomic E-state index is 12.4. The Morgan fingerprint density at radius 1 is 0.800 bits per heavy atom. The van der Waals surface area contributed by atoms with Gasteiger partial charge in [-0.1, -0.05) is 31.5 Å². The Hall–Kier alpha value is -3.60. The summed E-state index contributed by atoms with van der Waals surface area (Å²) in [6, 6.07) is 21.5. The lowest BCUT2D eigenvalue weighted by atomic mass is 10.1. The molecule has 0 spiro atoms. The predicted octanol–water partition coefficient (Wildman–Crippen LogP) is 5.53. The highest BCUT2D eigenvalue weighted by molar-refractivity contribution is 6.05. The Bertz CT molecular complexity index is 1010. The molecule has 154 valence electrons. The third-order valence-corrected chi connectivity index (χ3v) is 4.38. The fourth-order valence-electron chi connectivity index (χ4n) is 2.80.